The Kier molecular flexibility index (Phi) is 3.60. The van der Waals surface area contributed by atoms with E-state index in [1.165, 1.54) is 0 Å². The standard InChI is InChI=1S/C10H10ClNO/c1-8(7-12)13-10-5-3-2-4-9(10)6-11/h2-5,8H,6H2,1H3. The summed E-state index contributed by atoms with van der Waals surface area (Å²) in [5, 5.41) is 8.55. The highest BCUT2D eigenvalue weighted by Crippen LogP contribution is 2.20. The maximum Gasteiger partial charge on any atom is 0.181 e. The van der Waals surface area contributed by atoms with Crippen LogP contribution < -0.4 is 4.74 Å². The summed E-state index contributed by atoms with van der Waals surface area (Å²) in [6, 6.07) is 9.44. The van der Waals surface area contributed by atoms with Gasteiger partial charge < -0.3 is 4.74 Å². The number of halogens is 1. The molecule has 0 amide bonds. The number of hydrogen-bond donors (Lipinski definition) is 0. The highest BCUT2D eigenvalue weighted by atomic mass is 35.5. The lowest BCUT2D eigenvalue weighted by molar-refractivity contribution is 0.274. The molecular weight excluding hydrogens is 186 g/mol. The summed E-state index contributed by atoms with van der Waals surface area (Å²) in [4.78, 5) is 0. The largest absolute Gasteiger partial charge is 0.476 e. The molecule has 0 fully saturated rings. The first kappa shape index (κ1) is 9.88. The molecule has 0 heterocycles. The van der Waals surface area contributed by atoms with Crippen molar-refractivity contribution >= 4 is 11.6 Å². The number of rotatable bonds is 3. The van der Waals surface area contributed by atoms with Crippen molar-refractivity contribution in [3.05, 3.63) is 29.8 Å². The van der Waals surface area contributed by atoms with Crippen LogP contribution in [0.5, 0.6) is 5.75 Å². The first-order valence-corrected chi connectivity index (χ1v) is 4.51. The maximum atomic E-state index is 8.55. The summed E-state index contributed by atoms with van der Waals surface area (Å²) >= 11 is 5.70. The van der Waals surface area contributed by atoms with E-state index in [0.717, 1.165) is 5.56 Å². The molecule has 68 valence electrons. The van der Waals surface area contributed by atoms with E-state index in [1.54, 1.807) is 6.92 Å². The molecule has 0 bridgehead atoms. The average molecular weight is 196 g/mol. The van der Waals surface area contributed by atoms with Gasteiger partial charge in [-0.25, -0.2) is 0 Å². The number of ether oxygens (including phenoxy) is 1. The van der Waals surface area contributed by atoms with Crippen LogP contribution in [-0.4, -0.2) is 6.10 Å². The predicted octanol–water partition coefficient (Wildman–Crippen LogP) is 2.72. The molecule has 1 aromatic rings. The molecule has 1 unspecified atom stereocenters. The second kappa shape index (κ2) is 4.74. The SMILES string of the molecule is CC(C#N)Oc1ccccc1CCl. The van der Waals surface area contributed by atoms with Crippen LogP contribution in [0.3, 0.4) is 0 Å². The lowest BCUT2D eigenvalue weighted by atomic mass is 10.2. The van der Waals surface area contributed by atoms with Gasteiger partial charge >= 0.3 is 0 Å². The number of benzene rings is 1. The molecule has 0 radical (unpaired) electrons. The zero-order valence-corrected chi connectivity index (χ0v) is 8.08. The van der Waals surface area contributed by atoms with Crippen molar-refractivity contribution in [2.75, 3.05) is 0 Å². The Labute approximate surface area is 82.7 Å². The number of nitrogens with zero attached hydrogens (tertiary/aromatic N) is 1. The highest BCUT2D eigenvalue weighted by Gasteiger charge is 2.05. The van der Waals surface area contributed by atoms with Gasteiger partial charge in [-0.05, 0) is 13.0 Å². The van der Waals surface area contributed by atoms with Crippen LogP contribution in [0.2, 0.25) is 0 Å². The molecule has 0 spiro atoms. The van der Waals surface area contributed by atoms with E-state index in [2.05, 4.69) is 0 Å². The fourth-order valence-corrected chi connectivity index (χ4v) is 1.17. The number of para-hydroxylation sites is 1. The van der Waals surface area contributed by atoms with Crippen LogP contribution in [-0.2, 0) is 5.88 Å². The van der Waals surface area contributed by atoms with Crippen molar-refractivity contribution < 1.29 is 4.74 Å². The van der Waals surface area contributed by atoms with Crippen molar-refractivity contribution in [3.8, 4) is 11.8 Å². The minimum absolute atomic E-state index is 0.397. The molecule has 13 heavy (non-hydrogen) atoms. The van der Waals surface area contributed by atoms with E-state index in [-0.39, 0.29) is 0 Å². The van der Waals surface area contributed by atoms with Gasteiger partial charge in [0.25, 0.3) is 0 Å². The van der Waals surface area contributed by atoms with Crippen LogP contribution >= 0.6 is 11.6 Å². The summed E-state index contributed by atoms with van der Waals surface area (Å²) in [7, 11) is 0. The highest BCUT2D eigenvalue weighted by molar-refractivity contribution is 6.17. The summed E-state index contributed by atoms with van der Waals surface area (Å²) in [5.74, 6) is 1.08. The molecule has 1 atom stereocenters. The van der Waals surface area contributed by atoms with Gasteiger partial charge in [0.2, 0.25) is 0 Å². The van der Waals surface area contributed by atoms with Gasteiger partial charge in [0.15, 0.2) is 6.10 Å². The third-order valence-electron chi connectivity index (χ3n) is 1.60. The second-order valence-electron chi connectivity index (χ2n) is 2.63. The molecule has 0 aliphatic carbocycles. The average Bonchev–Trinajstić information content (AvgIpc) is 2.18. The first-order chi connectivity index (χ1) is 6.27. The van der Waals surface area contributed by atoms with Gasteiger partial charge in [-0.15, -0.1) is 11.6 Å². The first-order valence-electron chi connectivity index (χ1n) is 3.98. The lowest BCUT2D eigenvalue weighted by Gasteiger charge is -2.10. The topological polar surface area (TPSA) is 33.0 Å². The molecule has 0 saturated carbocycles. The van der Waals surface area contributed by atoms with E-state index in [1.807, 2.05) is 30.3 Å². The van der Waals surface area contributed by atoms with Gasteiger partial charge in [-0.3, -0.25) is 0 Å². The zero-order valence-electron chi connectivity index (χ0n) is 7.33. The minimum Gasteiger partial charge on any atom is -0.476 e. The van der Waals surface area contributed by atoms with E-state index in [4.69, 9.17) is 21.6 Å². The van der Waals surface area contributed by atoms with Crippen LogP contribution in [0, 0.1) is 11.3 Å². The Balaban J connectivity index is 2.82. The Morgan fingerprint density at radius 2 is 2.23 bits per heavy atom. The molecule has 2 nitrogen and oxygen atoms in total. The predicted molar refractivity (Wildman–Crippen MR) is 51.7 cm³/mol. The molecule has 0 saturated heterocycles. The van der Waals surface area contributed by atoms with E-state index >= 15 is 0 Å². The quantitative estimate of drug-likeness (QED) is 0.695. The number of hydrogen-bond acceptors (Lipinski definition) is 2. The second-order valence-corrected chi connectivity index (χ2v) is 2.90. The van der Waals surface area contributed by atoms with Crippen LogP contribution in [0.25, 0.3) is 0 Å². The summed E-state index contributed by atoms with van der Waals surface area (Å²) in [6.45, 7) is 1.70. The zero-order chi connectivity index (χ0) is 9.68. The van der Waals surface area contributed by atoms with Gasteiger partial charge in [0.1, 0.15) is 11.8 Å². The van der Waals surface area contributed by atoms with E-state index in [0.29, 0.717) is 11.6 Å². The fraction of sp³-hybridized carbons (Fsp3) is 0.300. The normalized spacial score (nSPS) is 11.8. The molecule has 3 heteroatoms. The van der Waals surface area contributed by atoms with Crippen molar-refractivity contribution in [1.29, 1.82) is 5.26 Å². The Morgan fingerprint density at radius 1 is 1.54 bits per heavy atom. The van der Waals surface area contributed by atoms with Crippen molar-refractivity contribution in [2.24, 2.45) is 0 Å². The van der Waals surface area contributed by atoms with Gasteiger partial charge in [0.05, 0.1) is 5.88 Å². The molecule has 0 aromatic heterocycles. The summed E-state index contributed by atoms with van der Waals surface area (Å²) < 4.78 is 5.34. The van der Waals surface area contributed by atoms with Crippen LogP contribution in [0.4, 0.5) is 0 Å². The number of nitriles is 1. The molecular formula is C10H10ClNO. The van der Waals surface area contributed by atoms with Gasteiger partial charge in [-0.1, -0.05) is 18.2 Å². The van der Waals surface area contributed by atoms with Crippen molar-refractivity contribution in [2.45, 2.75) is 18.9 Å². The van der Waals surface area contributed by atoms with Crippen molar-refractivity contribution in [1.82, 2.24) is 0 Å². The third kappa shape index (κ3) is 2.64. The van der Waals surface area contributed by atoms with Gasteiger partial charge in [0, 0.05) is 5.56 Å². The lowest BCUT2D eigenvalue weighted by Crippen LogP contribution is -2.09. The minimum atomic E-state index is -0.440. The molecule has 0 N–H and O–H groups in total. The monoisotopic (exact) mass is 195 g/mol. The van der Waals surface area contributed by atoms with E-state index < -0.39 is 6.10 Å². The Hall–Kier alpha value is -1.20. The Bertz CT molecular complexity index is 319. The van der Waals surface area contributed by atoms with E-state index in [9.17, 15) is 0 Å². The molecule has 0 aliphatic heterocycles. The Morgan fingerprint density at radius 3 is 2.85 bits per heavy atom. The maximum absolute atomic E-state index is 8.55. The van der Waals surface area contributed by atoms with Crippen LogP contribution in [0.15, 0.2) is 24.3 Å². The number of alkyl halides is 1. The molecule has 0 aliphatic rings. The van der Waals surface area contributed by atoms with Crippen molar-refractivity contribution in [3.63, 3.8) is 0 Å². The fourth-order valence-electron chi connectivity index (χ4n) is 0.946. The molecule has 1 aromatic carbocycles. The summed E-state index contributed by atoms with van der Waals surface area (Å²) in [6.07, 6.45) is -0.440. The molecule has 1 rings (SSSR count). The van der Waals surface area contributed by atoms with Gasteiger partial charge in [-0.2, -0.15) is 5.26 Å². The summed E-state index contributed by atoms with van der Waals surface area (Å²) in [5.41, 5.74) is 0.909. The van der Waals surface area contributed by atoms with Crippen LogP contribution in [0.1, 0.15) is 12.5 Å². The smallest absolute Gasteiger partial charge is 0.181 e. The third-order valence-corrected chi connectivity index (χ3v) is 1.89.